The molecule has 1 aliphatic rings. The van der Waals surface area contributed by atoms with Gasteiger partial charge in [-0.3, -0.25) is 4.79 Å². The number of fused-ring (bicyclic) bond motifs is 3. The van der Waals surface area contributed by atoms with Crippen molar-refractivity contribution in [3.8, 4) is 28.4 Å². The Morgan fingerprint density at radius 3 is 2.33 bits per heavy atom. The molecule has 33 heavy (non-hydrogen) atoms. The van der Waals surface area contributed by atoms with E-state index in [9.17, 15) is 9.59 Å². The standard InChI is InChI=1S/C25H25NO6S/c1-5-32-25(28)23-22-17-13-19(31-4)18(30-3)11-15(17)12-20(22)33-24(23)26-21(27)10-14-6-8-16(29-2)9-7-14/h6-9,11,13H,5,10,12H2,1-4H3,(H,26,27). The van der Waals surface area contributed by atoms with E-state index in [1.54, 1.807) is 28.3 Å². The molecular weight excluding hydrogens is 442 g/mol. The summed E-state index contributed by atoms with van der Waals surface area (Å²) in [5, 5.41) is 3.43. The molecule has 0 unspecified atom stereocenters. The average Bonchev–Trinajstić information content (AvgIpc) is 3.33. The molecule has 0 saturated carbocycles. The quantitative estimate of drug-likeness (QED) is 0.378. The third kappa shape index (κ3) is 4.39. The van der Waals surface area contributed by atoms with Gasteiger partial charge in [0, 0.05) is 16.9 Å². The van der Waals surface area contributed by atoms with E-state index >= 15 is 0 Å². The monoisotopic (exact) mass is 467 g/mol. The number of amides is 1. The van der Waals surface area contributed by atoms with Crippen LogP contribution in [0.3, 0.4) is 0 Å². The first-order chi connectivity index (χ1) is 16.0. The van der Waals surface area contributed by atoms with E-state index in [2.05, 4.69) is 5.32 Å². The first-order valence-electron chi connectivity index (χ1n) is 10.5. The number of benzene rings is 2. The van der Waals surface area contributed by atoms with Crippen LogP contribution in [0.1, 0.15) is 33.3 Å². The summed E-state index contributed by atoms with van der Waals surface area (Å²) in [6.45, 7) is 2.00. The lowest BCUT2D eigenvalue weighted by Crippen LogP contribution is -2.16. The molecule has 7 nitrogen and oxygen atoms in total. The summed E-state index contributed by atoms with van der Waals surface area (Å²) in [5.74, 6) is 1.27. The van der Waals surface area contributed by atoms with Gasteiger partial charge in [0.2, 0.25) is 5.91 Å². The van der Waals surface area contributed by atoms with Gasteiger partial charge in [-0.05, 0) is 47.9 Å². The van der Waals surface area contributed by atoms with E-state index in [0.29, 0.717) is 28.5 Å². The predicted octanol–water partition coefficient (Wildman–Crippen LogP) is 4.70. The van der Waals surface area contributed by atoms with Crippen molar-refractivity contribution in [2.45, 2.75) is 19.8 Å². The number of rotatable bonds is 8. The normalized spacial score (nSPS) is 11.4. The van der Waals surface area contributed by atoms with Gasteiger partial charge in [-0.15, -0.1) is 11.3 Å². The van der Waals surface area contributed by atoms with E-state index < -0.39 is 5.97 Å². The van der Waals surface area contributed by atoms with Gasteiger partial charge in [-0.1, -0.05) is 12.1 Å². The van der Waals surface area contributed by atoms with Crippen LogP contribution in [0, 0.1) is 0 Å². The molecule has 0 bridgehead atoms. The number of esters is 1. The topological polar surface area (TPSA) is 83.1 Å². The van der Waals surface area contributed by atoms with Gasteiger partial charge in [-0.2, -0.15) is 0 Å². The van der Waals surface area contributed by atoms with Crippen LogP contribution in [0.4, 0.5) is 5.00 Å². The number of anilines is 1. The fourth-order valence-electron chi connectivity index (χ4n) is 3.95. The highest BCUT2D eigenvalue weighted by atomic mass is 32.1. The third-order valence-corrected chi connectivity index (χ3v) is 6.57. The van der Waals surface area contributed by atoms with Crippen LogP contribution in [0.5, 0.6) is 17.2 Å². The van der Waals surface area contributed by atoms with Gasteiger partial charge in [0.1, 0.15) is 16.3 Å². The van der Waals surface area contributed by atoms with Crippen LogP contribution in [-0.4, -0.2) is 39.8 Å². The molecule has 172 valence electrons. The van der Waals surface area contributed by atoms with Crippen LogP contribution in [0.25, 0.3) is 11.1 Å². The Morgan fingerprint density at radius 2 is 1.70 bits per heavy atom. The number of thiophene rings is 1. The summed E-state index contributed by atoms with van der Waals surface area (Å²) in [5.41, 5.74) is 3.94. The Balaban J connectivity index is 1.68. The van der Waals surface area contributed by atoms with Crippen molar-refractivity contribution in [3.63, 3.8) is 0 Å². The molecule has 8 heteroatoms. The van der Waals surface area contributed by atoms with Crippen molar-refractivity contribution < 1.29 is 28.5 Å². The molecule has 0 fully saturated rings. The molecule has 1 amide bonds. The van der Waals surface area contributed by atoms with E-state index in [-0.39, 0.29) is 18.9 Å². The van der Waals surface area contributed by atoms with Crippen LogP contribution in [0.2, 0.25) is 0 Å². The number of carbonyl (C=O) groups is 2. The molecule has 0 spiro atoms. The summed E-state index contributed by atoms with van der Waals surface area (Å²) in [7, 11) is 4.76. The summed E-state index contributed by atoms with van der Waals surface area (Å²) in [6, 6.07) is 11.1. The second-order valence-electron chi connectivity index (χ2n) is 7.44. The summed E-state index contributed by atoms with van der Waals surface area (Å²) < 4.78 is 21.4. The molecule has 1 N–H and O–H groups in total. The first-order valence-corrected chi connectivity index (χ1v) is 11.3. The Labute approximate surface area is 196 Å². The molecule has 0 saturated heterocycles. The number of ether oxygens (including phenoxy) is 4. The maximum atomic E-state index is 12.9. The number of nitrogens with one attached hydrogen (secondary N) is 1. The van der Waals surface area contributed by atoms with Crippen molar-refractivity contribution in [2.75, 3.05) is 33.3 Å². The van der Waals surface area contributed by atoms with Crippen LogP contribution in [0.15, 0.2) is 36.4 Å². The van der Waals surface area contributed by atoms with Crippen LogP contribution in [-0.2, 0) is 22.4 Å². The first kappa shape index (κ1) is 22.7. The van der Waals surface area contributed by atoms with Gasteiger partial charge in [-0.25, -0.2) is 4.79 Å². The molecule has 3 aromatic rings. The smallest absolute Gasteiger partial charge is 0.341 e. The average molecular weight is 468 g/mol. The van der Waals surface area contributed by atoms with Crippen molar-refractivity contribution in [1.82, 2.24) is 0 Å². The molecular formula is C25H25NO6S. The SMILES string of the molecule is CCOC(=O)c1c(NC(=O)Cc2ccc(OC)cc2)sc2c1-c1cc(OC)c(OC)cc1C2. The number of carbonyl (C=O) groups excluding carboxylic acids is 2. The molecule has 2 aromatic carbocycles. The Kier molecular flexibility index (Phi) is 6.55. The van der Waals surface area contributed by atoms with Crippen LogP contribution >= 0.6 is 11.3 Å². The molecule has 1 heterocycles. The van der Waals surface area contributed by atoms with Gasteiger partial charge in [0.05, 0.1) is 34.4 Å². The second-order valence-corrected chi connectivity index (χ2v) is 8.54. The van der Waals surface area contributed by atoms with Crippen LogP contribution < -0.4 is 19.5 Å². The lowest BCUT2D eigenvalue weighted by molar-refractivity contribution is -0.115. The largest absolute Gasteiger partial charge is 0.497 e. The van der Waals surface area contributed by atoms with Gasteiger partial charge in [0.25, 0.3) is 0 Å². The minimum Gasteiger partial charge on any atom is -0.497 e. The van der Waals surface area contributed by atoms with E-state index in [4.69, 9.17) is 18.9 Å². The maximum Gasteiger partial charge on any atom is 0.341 e. The van der Waals surface area contributed by atoms with Crippen molar-refractivity contribution in [1.29, 1.82) is 0 Å². The molecule has 0 atom stereocenters. The van der Waals surface area contributed by atoms with Gasteiger partial charge >= 0.3 is 5.97 Å². The second kappa shape index (κ2) is 9.54. The Hall–Kier alpha value is -3.52. The highest BCUT2D eigenvalue weighted by molar-refractivity contribution is 7.17. The Bertz CT molecular complexity index is 1200. The predicted molar refractivity (Wildman–Crippen MR) is 127 cm³/mol. The van der Waals surface area contributed by atoms with Crippen molar-refractivity contribution >= 4 is 28.2 Å². The lowest BCUT2D eigenvalue weighted by atomic mass is 10.0. The number of hydrogen-bond donors (Lipinski definition) is 1. The van der Waals surface area contributed by atoms with Gasteiger partial charge < -0.3 is 24.3 Å². The zero-order valence-corrected chi connectivity index (χ0v) is 19.8. The summed E-state index contributed by atoms with van der Waals surface area (Å²) >= 11 is 1.40. The van der Waals surface area contributed by atoms with E-state index in [1.807, 2.05) is 36.4 Å². The van der Waals surface area contributed by atoms with Crippen molar-refractivity contribution in [3.05, 3.63) is 58.0 Å². The fourth-order valence-corrected chi connectivity index (χ4v) is 5.19. The Morgan fingerprint density at radius 1 is 1.00 bits per heavy atom. The number of hydrogen-bond acceptors (Lipinski definition) is 7. The van der Waals surface area contributed by atoms with E-state index in [1.165, 1.54) is 11.3 Å². The zero-order valence-electron chi connectivity index (χ0n) is 18.9. The summed E-state index contributed by atoms with van der Waals surface area (Å²) in [4.78, 5) is 26.7. The van der Waals surface area contributed by atoms with E-state index in [0.717, 1.165) is 32.9 Å². The maximum absolute atomic E-state index is 12.9. The zero-order chi connectivity index (χ0) is 23.5. The molecule has 4 rings (SSSR count). The molecule has 0 radical (unpaired) electrons. The number of methoxy groups -OCH3 is 3. The molecule has 1 aliphatic carbocycles. The lowest BCUT2D eigenvalue weighted by Gasteiger charge is -2.12. The summed E-state index contributed by atoms with van der Waals surface area (Å²) in [6.07, 6.45) is 0.812. The van der Waals surface area contributed by atoms with Crippen molar-refractivity contribution in [2.24, 2.45) is 0 Å². The minimum absolute atomic E-state index is 0.177. The van der Waals surface area contributed by atoms with Gasteiger partial charge in [0.15, 0.2) is 11.5 Å². The fraction of sp³-hybridized carbons (Fsp3) is 0.280. The highest BCUT2D eigenvalue weighted by Crippen LogP contribution is 2.50. The molecule has 0 aliphatic heterocycles. The third-order valence-electron chi connectivity index (χ3n) is 5.47. The minimum atomic E-state index is -0.461. The highest BCUT2D eigenvalue weighted by Gasteiger charge is 2.33. The molecule has 1 aromatic heterocycles.